The summed E-state index contributed by atoms with van der Waals surface area (Å²) in [6.07, 6.45) is -2.29. The summed E-state index contributed by atoms with van der Waals surface area (Å²) in [6, 6.07) is -0.124. The molecule has 1 aromatic heterocycles. The highest BCUT2D eigenvalue weighted by atomic mass is 19.4. The molecule has 0 aliphatic carbocycles. The molecule has 0 radical (unpaired) electrons. The molecular weight excluding hydrogens is 289 g/mol. The van der Waals surface area contributed by atoms with E-state index in [2.05, 4.69) is 15.5 Å². The number of aromatic nitrogens is 2. The maximum atomic E-state index is 12.5. The number of carbonyl (C=O) groups excluding carboxylic acids is 1. The van der Waals surface area contributed by atoms with Crippen molar-refractivity contribution in [3.05, 3.63) is 11.7 Å². The number of rotatable bonds is 5. The molecule has 1 aliphatic heterocycles. The van der Waals surface area contributed by atoms with E-state index >= 15 is 0 Å². The third kappa shape index (κ3) is 4.16. The van der Waals surface area contributed by atoms with Gasteiger partial charge in [0.1, 0.15) is 6.54 Å². The molecule has 2 heterocycles. The molecule has 1 atom stereocenters. The average Bonchev–Trinajstić information content (AvgIpc) is 3.06. The first-order chi connectivity index (χ1) is 9.90. The molecule has 1 aromatic rings. The van der Waals surface area contributed by atoms with Crippen molar-refractivity contribution in [2.45, 2.75) is 38.4 Å². The fourth-order valence-electron chi connectivity index (χ4n) is 2.24. The Morgan fingerprint density at radius 2 is 2.29 bits per heavy atom. The Hall–Kier alpha value is -1.64. The molecule has 1 unspecified atom stereocenters. The lowest BCUT2D eigenvalue weighted by Crippen LogP contribution is -2.40. The zero-order chi connectivity index (χ0) is 15.5. The number of alkyl halides is 3. The zero-order valence-electron chi connectivity index (χ0n) is 11.6. The van der Waals surface area contributed by atoms with Gasteiger partial charge in [-0.1, -0.05) is 12.1 Å². The number of halogens is 3. The zero-order valence-corrected chi connectivity index (χ0v) is 11.6. The van der Waals surface area contributed by atoms with Gasteiger partial charge in [0.2, 0.25) is 5.89 Å². The Bertz CT molecular complexity index is 483. The maximum absolute atomic E-state index is 12.5. The van der Waals surface area contributed by atoms with Crippen LogP contribution in [0, 0.1) is 0 Å². The van der Waals surface area contributed by atoms with Crippen molar-refractivity contribution >= 4 is 5.91 Å². The van der Waals surface area contributed by atoms with Gasteiger partial charge >= 0.3 is 6.18 Å². The van der Waals surface area contributed by atoms with Crippen LogP contribution in [0.15, 0.2) is 4.52 Å². The molecule has 1 saturated heterocycles. The van der Waals surface area contributed by atoms with Gasteiger partial charge in [-0.15, -0.1) is 0 Å². The maximum Gasteiger partial charge on any atom is 0.406 e. The van der Waals surface area contributed by atoms with Crippen molar-refractivity contribution in [3.8, 4) is 0 Å². The van der Waals surface area contributed by atoms with Crippen molar-refractivity contribution < 1.29 is 22.5 Å². The van der Waals surface area contributed by atoms with Crippen LogP contribution in [-0.4, -0.2) is 46.8 Å². The van der Waals surface area contributed by atoms with Gasteiger partial charge in [0.15, 0.2) is 0 Å². The van der Waals surface area contributed by atoms with Gasteiger partial charge < -0.3 is 14.7 Å². The van der Waals surface area contributed by atoms with E-state index in [1.54, 1.807) is 6.92 Å². The van der Waals surface area contributed by atoms with E-state index in [1.165, 1.54) is 0 Å². The monoisotopic (exact) mass is 306 g/mol. The highest BCUT2D eigenvalue weighted by molar-refractivity contribution is 5.90. The Kier molecular flexibility index (Phi) is 4.81. The van der Waals surface area contributed by atoms with Gasteiger partial charge in [-0.05, 0) is 25.8 Å². The van der Waals surface area contributed by atoms with E-state index in [0.717, 1.165) is 19.4 Å². The van der Waals surface area contributed by atoms with Crippen LogP contribution in [0.3, 0.4) is 0 Å². The largest absolute Gasteiger partial charge is 0.406 e. The topological polar surface area (TPSA) is 71.3 Å². The van der Waals surface area contributed by atoms with Crippen molar-refractivity contribution in [2.75, 3.05) is 19.6 Å². The lowest BCUT2D eigenvalue weighted by molar-refractivity contribution is -0.140. The Morgan fingerprint density at radius 3 is 2.86 bits per heavy atom. The number of nitrogens with zero attached hydrogens (tertiary/aromatic N) is 3. The minimum Gasteiger partial charge on any atom is -0.337 e. The number of amides is 1. The molecular formula is C12H17F3N4O2. The van der Waals surface area contributed by atoms with Gasteiger partial charge in [0, 0.05) is 6.54 Å². The van der Waals surface area contributed by atoms with E-state index in [4.69, 9.17) is 4.52 Å². The molecule has 1 aliphatic rings. The predicted octanol–water partition coefficient (Wildman–Crippen LogP) is 1.91. The Labute approximate surface area is 119 Å². The molecule has 1 fully saturated rings. The van der Waals surface area contributed by atoms with Gasteiger partial charge in [0.25, 0.3) is 11.7 Å². The summed E-state index contributed by atoms with van der Waals surface area (Å²) in [4.78, 5) is 16.7. The van der Waals surface area contributed by atoms with Crippen molar-refractivity contribution in [3.63, 3.8) is 0 Å². The third-order valence-electron chi connectivity index (χ3n) is 3.14. The molecule has 1 amide bonds. The molecule has 0 saturated carbocycles. The normalized spacial score (nSPS) is 19.0. The summed E-state index contributed by atoms with van der Waals surface area (Å²) >= 11 is 0. The highest BCUT2D eigenvalue weighted by Crippen LogP contribution is 2.22. The second-order valence-electron chi connectivity index (χ2n) is 4.95. The summed E-state index contributed by atoms with van der Waals surface area (Å²) in [6.45, 7) is 1.18. The molecule has 21 heavy (non-hydrogen) atoms. The molecule has 0 spiro atoms. The number of carbonyl (C=O) groups is 1. The number of hydrogen-bond donors (Lipinski definition) is 1. The van der Waals surface area contributed by atoms with E-state index in [-0.39, 0.29) is 24.3 Å². The molecule has 9 heteroatoms. The Balaban J connectivity index is 2.09. The molecule has 1 N–H and O–H groups in total. The lowest BCUT2D eigenvalue weighted by atomic mass is 10.2. The van der Waals surface area contributed by atoms with Gasteiger partial charge in [-0.3, -0.25) is 4.79 Å². The van der Waals surface area contributed by atoms with E-state index in [0.29, 0.717) is 11.3 Å². The van der Waals surface area contributed by atoms with E-state index in [1.807, 2.05) is 0 Å². The quantitative estimate of drug-likeness (QED) is 0.899. The standard InChI is InChI=1S/C12H17F3N4O2/c1-2-6-19(7-12(13,14)15)11(20)9-17-10(21-18-9)8-4-3-5-16-8/h8,16H,2-7H2,1H3. The van der Waals surface area contributed by atoms with Gasteiger partial charge in [0.05, 0.1) is 6.04 Å². The van der Waals surface area contributed by atoms with Gasteiger partial charge in [-0.25, -0.2) is 0 Å². The third-order valence-corrected chi connectivity index (χ3v) is 3.14. The summed E-state index contributed by atoms with van der Waals surface area (Å²) in [5.41, 5.74) is 0. The Morgan fingerprint density at radius 1 is 1.52 bits per heavy atom. The first kappa shape index (κ1) is 15.7. The van der Waals surface area contributed by atoms with Crippen LogP contribution < -0.4 is 5.32 Å². The van der Waals surface area contributed by atoms with Gasteiger partial charge in [-0.2, -0.15) is 18.2 Å². The smallest absolute Gasteiger partial charge is 0.337 e. The predicted molar refractivity (Wildman–Crippen MR) is 66.5 cm³/mol. The van der Waals surface area contributed by atoms with Crippen LogP contribution in [0.25, 0.3) is 0 Å². The number of hydrogen-bond acceptors (Lipinski definition) is 5. The number of nitrogens with one attached hydrogen (secondary N) is 1. The molecule has 118 valence electrons. The van der Waals surface area contributed by atoms with E-state index < -0.39 is 18.6 Å². The summed E-state index contributed by atoms with van der Waals surface area (Å²) in [5, 5.41) is 6.63. The van der Waals surface area contributed by atoms with Crippen LogP contribution in [0.1, 0.15) is 48.7 Å². The van der Waals surface area contributed by atoms with Crippen LogP contribution in [0.2, 0.25) is 0 Å². The summed E-state index contributed by atoms with van der Waals surface area (Å²) in [5.74, 6) is -0.933. The second-order valence-corrected chi connectivity index (χ2v) is 4.95. The minimum absolute atomic E-state index is 0.0100. The summed E-state index contributed by atoms with van der Waals surface area (Å²) < 4.78 is 42.4. The first-order valence-electron chi connectivity index (χ1n) is 6.83. The minimum atomic E-state index is -4.45. The van der Waals surface area contributed by atoms with Crippen LogP contribution >= 0.6 is 0 Å². The first-order valence-corrected chi connectivity index (χ1v) is 6.83. The average molecular weight is 306 g/mol. The fourth-order valence-corrected chi connectivity index (χ4v) is 2.24. The summed E-state index contributed by atoms with van der Waals surface area (Å²) in [7, 11) is 0. The van der Waals surface area contributed by atoms with Crippen molar-refractivity contribution in [2.24, 2.45) is 0 Å². The SMILES string of the molecule is CCCN(CC(F)(F)F)C(=O)c1noc(C2CCCN2)n1. The van der Waals surface area contributed by atoms with Crippen LogP contribution in [0.4, 0.5) is 13.2 Å². The molecule has 0 bridgehead atoms. The van der Waals surface area contributed by atoms with Crippen molar-refractivity contribution in [1.82, 2.24) is 20.4 Å². The van der Waals surface area contributed by atoms with E-state index in [9.17, 15) is 18.0 Å². The second kappa shape index (κ2) is 6.42. The molecule has 6 nitrogen and oxygen atoms in total. The molecule has 2 rings (SSSR count). The van der Waals surface area contributed by atoms with Crippen molar-refractivity contribution in [1.29, 1.82) is 0 Å². The molecule has 0 aromatic carbocycles. The fraction of sp³-hybridized carbons (Fsp3) is 0.750. The van der Waals surface area contributed by atoms with Crippen LogP contribution in [0.5, 0.6) is 0 Å². The van der Waals surface area contributed by atoms with Crippen LogP contribution in [-0.2, 0) is 0 Å². The lowest BCUT2D eigenvalue weighted by Gasteiger charge is -2.21. The highest BCUT2D eigenvalue weighted by Gasteiger charge is 2.35.